The van der Waals surface area contributed by atoms with Gasteiger partial charge in [-0.05, 0) is 42.3 Å². The fourth-order valence-corrected chi connectivity index (χ4v) is 2.53. The molecule has 0 unspecified atom stereocenters. The van der Waals surface area contributed by atoms with E-state index in [1.807, 2.05) is 37.3 Å². The van der Waals surface area contributed by atoms with Crippen LogP contribution in [0.3, 0.4) is 0 Å². The van der Waals surface area contributed by atoms with Crippen molar-refractivity contribution in [3.8, 4) is 5.75 Å². The lowest BCUT2D eigenvalue weighted by molar-refractivity contribution is 0.416. The first-order chi connectivity index (χ1) is 10.6. The third-order valence-corrected chi connectivity index (χ3v) is 3.89. The zero-order valence-corrected chi connectivity index (χ0v) is 13.5. The summed E-state index contributed by atoms with van der Waals surface area (Å²) in [5.74, 6) is 1.25. The van der Waals surface area contributed by atoms with E-state index in [0.29, 0.717) is 16.6 Å². The number of nitrogens with one attached hydrogen (secondary N) is 1. The van der Waals surface area contributed by atoms with Crippen LogP contribution in [0.25, 0.3) is 10.9 Å². The van der Waals surface area contributed by atoms with Crippen molar-refractivity contribution in [2.45, 2.75) is 6.92 Å². The number of aryl methyl sites for hydroxylation is 1. The van der Waals surface area contributed by atoms with Crippen LogP contribution < -0.4 is 10.1 Å². The van der Waals surface area contributed by atoms with Crippen molar-refractivity contribution < 1.29 is 4.74 Å². The van der Waals surface area contributed by atoms with E-state index in [1.165, 1.54) is 0 Å². The molecular formula is C16H13Cl2N3O. The number of hydrogen-bond donors (Lipinski definition) is 1. The largest absolute Gasteiger partial charge is 0.495 e. The van der Waals surface area contributed by atoms with Gasteiger partial charge in [0.2, 0.25) is 5.28 Å². The Kier molecular flexibility index (Phi) is 4.05. The first kappa shape index (κ1) is 14.9. The maximum Gasteiger partial charge on any atom is 0.224 e. The third-order valence-electron chi connectivity index (χ3n) is 3.31. The Morgan fingerprint density at radius 2 is 1.86 bits per heavy atom. The Labute approximate surface area is 138 Å². The van der Waals surface area contributed by atoms with E-state index in [4.69, 9.17) is 27.9 Å². The normalized spacial score (nSPS) is 10.7. The van der Waals surface area contributed by atoms with E-state index in [2.05, 4.69) is 15.3 Å². The average molecular weight is 334 g/mol. The molecule has 22 heavy (non-hydrogen) atoms. The number of benzene rings is 2. The highest BCUT2D eigenvalue weighted by Crippen LogP contribution is 2.34. The zero-order valence-electron chi connectivity index (χ0n) is 12.0. The second kappa shape index (κ2) is 5.99. The maximum absolute atomic E-state index is 6.13. The number of hydrogen-bond acceptors (Lipinski definition) is 4. The van der Waals surface area contributed by atoms with E-state index in [-0.39, 0.29) is 5.28 Å². The number of rotatable bonds is 3. The molecule has 6 heteroatoms. The number of ether oxygens (including phenoxy) is 1. The molecule has 1 aromatic heterocycles. The highest BCUT2D eigenvalue weighted by atomic mass is 35.5. The molecule has 0 aliphatic rings. The van der Waals surface area contributed by atoms with Crippen molar-refractivity contribution >= 4 is 45.6 Å². The van der Waals surface area contributed by atoms with Crippen LogP contribution >= 0.6 is 23.2 Å². The summed E-state index contributed by atoms with van der Waals surface area (Å²) in [5, 5.41) is 4.96. The Bertz CT molecular complexity index is 852. The van der Waals surface area contributed by atoms with E-state index in [1.54, 1.807) is 13.2 Å². The van der Waals surface area contributed by atoms with Gasteiger partial charge in [0.1, 0.15) is 11.6 Å². The number of aromatic nitrogens is 2. The summed E-state index contributed by atoms with van der Waals surface area (Å²) in [6.45, 7) is 1.93. The van der Waals surface area contributed by atoms with Gasteiger partial charge in [-0.1, -0.05) is 23.7 Å². The highest BCUT2D eigenvalue weighted by Gasteiger charge is 2.11. The van der Waals surface area contributed by atoms with Crippen LogP contribution in [-0.4, -0.2) is 17.1 Å². The van der Waals surface area contributed by atoms with E-state index < -0.39 is 0 Å². The fourth-order valence-electron chi connectivity index (χ4n) is 2.20. The Morgan fingerprint density at radius 3 is 2.64 bits per heavy atom. The SMILES string of the molecule is COc1cc(Cl)c(C)cc1Nc1nc(Cl)nc2ccccc12. The molecule has 0 bridgehead atoms. The molecule has 1 heterocycles. The Morgan fingerprint density at radius 1 is 1.09 bits per heavy atom. The number of fused-ring (bicyclic) bond motifs is 1. The lowest BCUT2D eigenvalue weighted by atomic mass is 10.2. The predicted octanol–water partition coefficient (Wildman–Crippen LogP) is 5.00. The van der Waals surface area contributed by atoms with Gasteiger partial charge in [0.05, 0.1) is 18.3 Å². The van der Waals surface area contributed by atoms with Gasteiger partial charge in [-0.2, -0.15) is 4.98 Å². The third kappa shape index (κ3) is 2.80. The van der Waals surface area contributed by atoms with E-state index in [0.717, 1.165) is 22.2 Å². The molecule has 4 nitrogen and oxygen atoms in total. The second-order valence-corrected chi connectivity index (χ2v) is 5.53. The molecule has 0 spiro atoms. The van der Waals surface area contributed by atoms with Crippen LogP contribution in [-0.2, 0) is 0 Å². The summed E-state index contributed by atoms with van der Waals surface area (Å²) >= 11 is 12.1. The summed E-state index contributed by atoms with van der Waals surface area (Å²) in [7, 11) is 1.59. The van der Waals surface area contributed by atoms with Crippen molar-refractivity contribution in [3.63, 3.8) is 0 Å². The van der Waals surface area contributed by atoms with E-state index in [9.17, 15) is 0 Å². The minimum Gasteiger partial charge on any atom is -0.495 e. The Balaban J connectivity index is 2.12. The number of nitrogens with zero attached hydrogens (tertiary/aromatic N) is 2. The van der Waals surface area contributed by atoms with Crippen LogP contribution in [0, 0.1) is 6.92 Å². The quantitative estimate of drug-likeness (QED) is 0.685. The monoisotopic (exact) mass is 333 g/mol. The summed E-state index contributed by atoms with van der Waals surface area (Å²) < 4.78 is 5.37. The summed E-state index contributed by atoms with van der Waals surface area (Å²) in [4.78, 5) is 8.49. The molecule has 0 radical (unpaired) electrons. The van der Waals surface area contributed by atoms with Gasteiger partial charge in [-0.25, -0.2) is 4.98 Å². The molecule has 3 aromatic rings. The summed E-state index contributed by atoms with van der Waals surface area (Å²) in [5.41, 5.74) is 2.48. The molecule has 0 aliphatic heterocycles. The van der Waals surface area contributed by atoms with Crippen molar-refractivity contribution in [2.75, 3.05) is 12.4 Å². The van der Waals surface area contributed by atoms with E-state index >= 15 is 0 Å². The Hall–Kier alpha value is -2.04. The molecule has 3 rings (SSSR count). The van der Waals surface area contributed by atoms with Crippen LogP contribution in [0.1, 0.15) is 5.56 Å². The maximum atomic E-state index is 6.13. The van der Waals surface area contributed by atoms with Crippen LogP contribution in [0.4, 0.5) is 11.5 Å². The fraction of sp³-hybridized carbons (Fsp3) is 0.125. The molecule has 0 aliphatic carbocycles. The number of para-hydroxylation sites is 1. The smallest absolute Gasteiger partial charge is 0.224 e. The first-order valence-electron chi connectivity index (χ1n) is 6.62. The molecular weight excluding hydrogens is 321 g/mol. The first-order valence-corrected chi connectivity index (χ1v) is 7.37. The molecule has 0 saturated carbocycles. The topological polar surface area (TPSA) is 47.0 Å². The molecule has 112 valence electrons. The van der Waals surface area contributed by atoms with Crippen molar-refractivity contribution in [2.24, 2.45) is 0 Å². The molecule has 1 N–H and O–H groups in total. The molecule has 0 atom stereocenters. The van der Waals surface area contributed by atoms with Crippen LogP contribution in [0.2, 0.25) is 10.3 Å². The molecule has 0 amide bonds. The minimum absolute atomic E-state index is 0.186. The second-order valence-electron chi connectivity index (χ2n) is 4.79. The van der Waals surface area contributed by atoms with Gasteiger partial charge < -0.3 is 10.1 Å². The van der Waals surface area contributed by atoms with Gasteiger partial charge in [-0.3, -0.25) is 0 Å². The summed E-state index contributed by atoms with van der Waals surface area (Å²) in [6.07, 6.45) is 0. The lowest BCUT2D eigenvalue weighted by Crippen LogP contribution is -2.00. The minimum atomic E-state index is 0.186. The summed E-state index contributed by atoms with van der Waals surface area (Å²) in [6, 6.07) is 11.3. The average Bonchev–Trinajstić information content (AvgIpc) is 2.50. The number of anilines is 2. The molecule has 2 aromatic carbocycles. The van der Waals surface area contributed by atoms with Gasteiger partial charge in [0.15, 0.2) is 0 Å². The molecule has 0 saturated heterocycles. The van der Waals surface area contributed by atoms with Crippen molar-refractivity contribution in [3.05, 3.63) is 52.3 Å². The predicted molar refractivity (Wildman–Crippen MR) is 90.6 cm³/mol. The van der Waals surface area contributed by atoms with Gasteiger partial charge >= 0.3 is 0 Å². The van der Waals surface area contributed by atoms with Gasteiger partial charge in [0, 0.05) is 16.5 Å². The van der Waals surface area contributed by atoms with Crippen LogP contribution in [0.15, 0.2) is 36.4 Å². The van der Waals surface area contributed by atoms with Gasteiger partial charge in [-0.15, -0.1) is 0 Å². The lowest BCUT2D eigenvalue weighted by Gasteiger charge is -2.14. The van der Waals surface area contributed by atoms with Gasteiger partial charge in [0.25, 0.3) is 0 Å². The van der Waals surface area contributed by atoms with Crippen molar-refractivity contribution in [1.82, 2.24) is 9.97 Å². The standard InChI is InChI=1S/C16H13Cl2N3O/c1-9-7-13(14(22-2)8-11(9)17)19-15-10-5-3-4-6-12(10)20-16(18)21-15/h3-8H,1-2H3,(H,19,20,21). The number of halogens is 2. The molecule has 0 fully saturated rings. The highest BCUT2D eigenvalue weighted by molar-refractivity contribution is 6.31. The zero-order chi connectivity index (χ0) is 15.7. The van der Waals surface area contributed by atoms with Crippen LogP contribution in [0.5, 0.6) is 5.75 Å². The number of methoxy groups -OCH3 is 1. The van der Waals surface area contributed by atoms with Crippen molar-refractivity contribution in [1.29, 1.82) is 0 Å².